The van der Waals surface area contributed by atoms with Crippen molar-refractivity contribution in [3.8, 4) is 0 Å². The normalized spacial score (nSPS) is 7.17. The number of nitrogens with two attached hydrogens (primary N) is 1. The second-order valence-electron chi connectivity index (χ2n) is 1.78. The second-order valence-corrected chi connectivity index (χ2v) is 1.78. The molecule has 1 aromatic rings. The molecule has 0 aromatic heterocycles. The van der Waals surface area contributed by atoms with Crippen LogP contribution in [0.4, 0.5) is 0 Å². The highest BCUT2D eigenvalue weighted by Gasteiger charge is 1.89. The van der Waals surface area contributed by atoms with Crippen molar-refractivity contribution in [2.24, 2.45) is 5.73 Å². The lowest BCUT2D eigenvalue weighted by Crippen LogP contribution is -2.10. The van der Waals surface area contributed by atoms with Gasteiger partial charge in [0.05, 0.1) is 0 Å². The third-order valence-electron chi connectivity index (χ3n) is 1.08. The van der Waals surface area contributed by atoms with E-state index in [0.717, 1.165) is 5.56 Å². The van der Waals surface area contributed by atoms with Crippen molar-refractivity contribution in [3.63, 3.8) is 0 Å². The van der Waals surface area contributed by atoms with Gasteiger partial charge in [-0.2, -0.15) is 0 Å². The van der Waals surface area contributed by atoms with Crippen LogP contribution >= 0.6 is 0 Å². The van der Waals surface area contributed by atoms with Gasteiger partial charge < -0.3 is 5.73 Å². The van der Waals surface area contributed by atoms with E-state index < -0.39 is 0 Å². The number of hydrogen-bond donors (Lipinski definition) is 2. The molecule has 0 unspecified atom stereocenters. The molecule has 0 spiro atoms. The molecule has 68 valence electrons. The maximum absolute atomic E-state index is 7.01. The monoisotopic (exact) mass is 166 g/mol. The van der Waals surface area contributed by atoms with E-state index in [-0.39, 0.29) is 13.3 Å². The van der Waals surface area contributed by atoms with Gasteiger partial charge in [0.25, 0.3) is 0 Å². The van der Waals surface area contributed by atoms with Crippen molar-refractivity contribution in [2.45, 2.75) is 21.3 Å². The lowest BCUT2D eigenvalue weighted by atomic mass is 10.2. The van der Waals surface area contributed by atoms with Gasteiger partial charge in [0.15, 0.2) is 0 Å². The zero-order valence-electron chi connectivity index (χ0n) is 6.96. The molecule has 12 heavy (non-hydrogen) atoms. The van der Waals surface area contributed by atoms with E-state index in [9.17, 15) is 0 Å². The van der Waals surface area contributed by atoms with Crippen LogP contribution in [0.25, 0.3) is 0 Å². The maximum atomic E-state index is 7.01. The summed E-state index contributed by atoms with van der Waals surface area (Å²) < 4.78 is 0. The molecule has 0 saturated heterocycles. The molecule has 0 aliphatic heterocycles. The second kappa shape index (κ2) is 7.79. The molecule has 0 heterocycles. The van der Waals surface area contributed by atoms with E-state index in [1.807, 2.05) is 44.2 Å². The van der Waals surface area contributed by atoms with Crippen LogP contribution in [0.3, 0.4) is 0 Å². The molecule has 0 atom stereocenters. The van der Waals surface area contributed by atoms with Crippen molar-refractivity contribution in [1.82, 2.24) is 0 Å². The third-order valence-corrected chi connectivity index (χ3v) is 1.08. The fourth-order valence-electron chi connectivity index (χ4n) is 0.618. The first kappa shape index (κ1) is 13.3. The minimum absolute atomic E-state index is 0. The first-order valence-electron chi connectivity index (χ1n) is 3.70. The van der Waals surface area contributed by atoms with Gasteiger partial charge in [0, 0.05) is 5.56 Å². The number of amidine groups is 1. The molecule has 1 aromatic carbocycles. The predicted molar refractivity (Wildman–Crippen MR) is 55.5 cm³/mol. The Morgan fingerprint density at radius 1 is 1.17 bits per heavy atom. The van der Waals surface area contributed by atoms with Gasteiger partial charge in [-0.1, -0.05) is 51.6 Å². The number of rotatable bonds is 1. The quantitative estimate of drug-likeness (QED) is 0.489. The van der Waals surface area contributed by atoms with E-state index >= 15 is 0 Å². The van der Waals surface area contributed by atoms with Gasteiger partial charge in [-0.3, -0.25) is 5.41 Å². The SMILES string of the molecule is C.CC.N=C(N)c1ccccc1. The molecular formula is C10H18N2. The number of nitrogens with one attached hydrogen (secondary N) is 1. The predicted octanol–water partition coefficient (Wildman–Crippen LogP) is 2.63. The summed E-state index contributed by atoms with van der Waals surface area (Å²) in [5.41, 5.74) is 5.97. The molecule has 1 rings (SSSR count). The van der Waals surface area contributed by atoms with Crippen molar-refractivity contribution in [2.75, 3.05) is 0 Å². The first-order chi connectivity index (χ1) is 5.30. The number of hydrogen-bond acceptors (Lipinski definition) is 1. The Kier molecular flexibility index (Phi) is 8.63. The van der Waals surface area contributed by atoms with Crippen LogP contribution in [0.1, 0.15) is 26.8 Å². The summed E-state index contributed by atoms with van der Waals surface area (Å²) in [6.07, 6.45) is 0. The lowest BCUT2D eigenvalue weighted by Gasteiger charge is -1.93. The van der Waals surface area contributed by atoms with E-state index in [0.29, 0.717) is 0 Å². The van der Waals surface area contributed by atoms with Gasteiger partial charge in [0.2, 0.25) is 0 Å². The van der Waals surface area contributed by atoms with Crippen LogP contribution in [-0.4, -0.2) is 5.84 Å². The first-order valence-corrected chi connectivity index (χ1v) is 3.70. The van der Waals surface area contributed by atoms with Gasteiger partial charge in [0.1, 0.15) is 5.84 Å². The fraction of sp³-hybridized carbons (Fsp3) is 0.300. The molecule has 3 N–H and O–H groups in total. The average Bonchev–Trinajstić information content (AvgIpc) is 2.10. The average molecular weight is 166 g/mol. The number of nitrogen functional groups attached to an aromatic ring is 1. The minimum Gasteiger partial charge on any atom is -0.384 e. The summed E-state index contributed by atoms with van der Waals surface area (Å²) in [5.74, 6) is 0.121. The third kappa shape index (κ3) is 4.50. The summed E-state index contributed by atoms with van der Waals surface area (Å²) in [5, 5.41) is 7.01. The molecule has 2 nitrogen and oxygen atoms in total. The fourth-order valence-corrected chi connectivity index (χ4v) is 0.618. The Morgan fingerprint density at radius 3 is 1.83 bits per heavy atom. The number of benzene rings is 1. The molecule has 0 saturated carbocycles. The molecule has 2 heteroatoms. The topological polar surface area (TPSA) is 49.9 Å². The highest BCUT2D eigenvalue weighted by Crippen LogP contribution is 1.94. The summed E-state index contributed by atoms with van der Waals surface area (Å²) >= 11 is 0. The zero-order valence-corrected chi connectivity index (χ0v) is 6.96. The van der Waals surface area contributed by atoms with Gasteiger partial charge in [-0.15, -0.1) is 0 Å². The molecule has 0 aliphatic rings. The van der Waals surface area contributed by atoms with Crippen LogP contribution in [0.5, 0.6) is 0 Å². The largest absolute Gasteiger partial charge is 0.384 e. The molecule has 0 aliphatic carbocycles. The standard InChI is InChI=1S/C7H8N2.C2H6.CH4/c8-7(9)6-4-2-1-3-5-6;1-2;/h1-5H,(H3,8,9);1-2H3;1H4. The molecule has 0 bridgehead atoms. The van der Waals surface area contributed by atoms with Crippen LogP contribution < -0.4 is 5.73 Å². The van der Waals surface area contributed by atoms with E-state index in [2.05, 4.69) is 0 Å². The van der Waals surface area contributed by atoms with Crippen LogP contribution in [0.15, 0.2) is 30.3 Å². The summed E-state index contributed by atoms with van der Waals surface area (Å²) in [6.45, 7) is 4.00. The molecule has 0 fully saturated rings. The lowest BCUT2D eigenvalue weighted by molar-refractivity contribution is 1.42. The highest BCUT2D eigenvalue weighted by atomic mass is 14.7. The Balaban J connectivity index is 0. The summed E-state index contributed by atoms with van der Waals surface area (Å²) in [7, 11) is 0. The van der Waals surface area contributed by atoms with Crippen LogP contribution in [0, 0.1) is 5.41 Å². The van der Waals surface area contributed by atoms with E-state index in [4.69, 9.17) is 11.1 Å². The van der Waals surface area contributed by atoms with Gasteiger partial charge in [-0.05, 0) is 0 Å². The molecular weight excluding hydrogens is 148 g/mol. The maximum Gasteiger partial charge on any atom is 0.122 e. The Bertz CT molecular complexity index is 204. The summed E-state index contributed by atoms with van der Waals surface area (Å²) in [4.78, 5) is 0. The van der Waals surface area contributed by atoms with Crippen LogP contribution in [0.2, 0.25) is 0 Å². The van der Waals surface area contributed by atoms with Crippen molar-refractivity contribution < 1.29 is 0 Å². The Hall–Kier alpha value is -1.31. The Morgan fingerprint density at radius 2 is 1.58 bits per heavy atom. The Labute approximate surface area is 74.9 Å². The zero-order chi connectivity index (χ0) is 8.69. The molecule has 0 amide bonds. The molecule has 0 radical (unpaired) electrons. The van der Waals surface area contributed by atoms with Crippen molar-refractivity contribution in [1.29, 1.82) is 5.41 Å². The smallest absolute Gasteiger partial charge is 0.122 e. The van der Waals surface area contributed by atoms with E-state index in [1.54, 1.807) is 0 Å². The van der Waals surface area contributed by atoms with Gasteiger partial charge >= 0.3 is 0 Å². The van der Waals surface area contributed by atoms with Gasteiger partial charge in [-0.25, -0.2) is 0 Å². The van der Waals surface area contributed by atoms with Crippen molar-refractivity contribution in [3.05, 3.63) is 35.9 Å². The minimum atomic E-state index is 0. The summed E-state index contributed by atoms with van der Waals surface area (Å²) in [6, 6.07) is 9.23. The van der Waals surface area contributed by atoms with E-state index in [1.165, 1.54) is 0 Å². The van der Waals surface area contributed by atoms with Crippen molar-refractivity contribution >= 4 is 5.84 Å². The highest BCUT2D eigenvalue weighted by molar-refractivity contribution is 5.94. The van der Waals surface area contributed by atoms with Crippen LogP contribution in [-0.2, 0) is 0 Å².